The summed E-state index contributed by atoms with van der Waals surface area (Å²) in [7, 11) is 0. The Balaban J connectivity index is 1.44. The van der Waals surface area contributed by atoms with E-state index in [0.717, 1.165) is 18.6 Å². The highest BCUT2D eigenvalue weighted by Gasteiger charge is 2.49. The van der Waals surface area contributed by atoms with Crippen LogP contribution in [0.2, 0.25) is 0 Å². The van der Waals surface area contributed by atoms with Crippen molar-refractivity contribution < 1.29 is 41.0 Å². The predicted octanol–water partition coefficient (Wildman–Crippen LogP) is 4.86. The Hall–Kier alpha value is -4.40. The number of hydrogen-bond donors (Lipinski definition) is 2. The van der Waals surface area contributed by atoms with Crippen LogP contribution in [-0.4, -0.2) is 95.0 Å². The highest BCUT2D eigenvalue weighted by Crippen LogP contribution is 2.48. The number of rotatable bonds is 7. The van der Waals surface area contributed by atoms with Gasteiger partial charge < -0.3 is 25.4 Å². The molecule has 7 rings (SSSR count). The number of carbonyl (C=O) groups excluding carboxylic acids is 1. The van der Waals surface area contributed by atoms with Crippen LogP contribution < -0.4 is 15.4 Å². The van der Waals surface area contributed by atoms with Crippen LogP contribution in [-0.2, 0) is 11.0 Å². The number of aliphatic hydroxyl groups is 1. The number of nitrogens with two attached hydrogens (primary N) is 1. The topological polar surface area (TPSA) is 132 Å². The Labute approximate surface area is 279 Å². The number of alkyl halides is 4. The lowest BCUT2D eigenvalue weighted by atomic mass is 9.92. The molecule has 5 heterocycles. The van der Waals surface area contributed by atoms with E-state index in [1.54, 1.807) is 6.07 Å². The summed E-state index contributed by atoms with van der Waals surface area (Å²) < 4.78 is 96.7. The number of benzene rings is 2. The number of thiophene rings is 1. The summed E-state index contributed by atoms with van der Waals surface area (Å²) in [6.45, 7) is 0.451. The van der Waals surface area contributed by atoms with Crippen molar-refractivity contribution in [3.8, 4) is 23.2 Å². The number of aliphatic hydroxyl groups excluding tert-OH is 1. The van der Waals surface area contributed by atoms with Gasteiger partial charge in [-0.3, -0.25) is 9.69 Å². The third-order valence-corrected chi connectivity index (χ3v) is 10.6. The number of ether oxygens (including phenoxy) is 1. The number of amides is 1. The van der Waals surface area contributed by atoms with E-state index >= 15 is 4.39 Å². The van der Waals surface area contributed by atoms with Crippen molar-refractivity contribution in [1.82, 2.24) is 19.8 Å². The van der Waals surface area contributed by atoms with Crippen LogP contribution in [0.3, 0.4) is 0 Å². The summed E-state index contributed by atoms with van der Waals surface area (Å²) in [5, 5.41) is 18.3. The average Bonchev–Trinajstić information content (AvgIpc) is 3.70. The third-order valence-electron chi connectivity index (χ3n) is 9.61. The molecule has 0 spiro atoms. The number of β-amino-alcohol motifs (C(OH)–C–C–N with tert-alkyl or cyclic N) is 1. The monoisotopic (exact) mass is 705 g/mol. The minimum atomic E-state index is -5.15. The van der Waals surface area contributed by atoms with E-state index in [-0.39, 0.29) is 90.2 Å². The normalized spacial score (nSPS) is 21.6. The highest BCUT2D eigenvalue weighted by molar-refractivity contribution is 7.23. The fourth-order valence-electron chi connectivity index (χ4n) is 7.39. The van der Waals surface area contributed by atoms with Crippen LogP contribution in [0.1, 0.15) is 30.4 Å². The van der Waals surface area contributed by atoms with Crippen LogP contribution in [0.15, 0.2) is 18.2 Å². The number of anilines is 2. The number of nitriles is 1. The van der Waals surface area contributed by atoms with Crippen molar-refractivity contribution in [2.75, 3.05) is 63.1 Å². The molecule has 0 radical (unpaired) electrons. The Morgan fingerprint density at radius 3 is 2.71 bits per heavy atom. The van der Waals surface area contributed by atoms with Crippen molar-refractivity contribution in [3.05, 3.63) is 41.0 Å². The number of piperazine rings is 1. The highest BCUT2D eigenvalue weighted by atomic mass is 32.1. The SMILES string of the molecule is N#Cc1c(N)sc2c(F)ccc(-c3c(C(F)(F)F)cc4c(N5CCN(CCO)C(=O)C5)nc(OCC56CCCN5CC(F)C6)nc4c3F)c12. The van der Waals surface area contributed by atoms with E-state index in [4.69, 9.17) is 10.5 Å². The summed E-state index contributed by atoms with van der Waals surface area (Å²) in [4.78, 5) is 26.3. The molecule has 3 fully saturated rings. The van der Waals surface area contributed by atoms with Gasteiger partial charge in [0.25, 0.3) is 0 Å². The Morgan fingerprint density at radius 2 is 2.00 bits per heavy atom. The predicted molar refractivity (Wildman–Crippen MR) is 169 cm³/mol. The lowest BCUT2D eigenvalue weighted by Crippen LogP contribution is -2.51. The van der Waals surface area contributed by atoms with Gasteiger partial charge in [0.05, 0.1) is 34.5 Å². The molecule has 2 aromatic carbocycles. The van der Waals surface area contributed by atoms with Gasteiger partial charge >= 0.3 is 12.2 Å². The molecule has 3 aliphatic heterocycles. The molecule has 0 saturated carbocycles. The van der Waals surface area contributed by atoms with E-state index in [9.17, 15) is 37.1 Å². The molecule has 3 saturated heterocycles. The summed E-state index contributed by atoms with van der Waals surface area (Å²) in [5.41, 5.74) is 1.58. The fourth-order valence-corrected chi connectivity index (χ4v) is 8.34. The van der Waals surface area contributed by atoms with Crippen LogP contribution in [0.5, 0.6) is 6.01 Å². The second-order valence-electron chi connectivity index (χ2n) is 12.5. The zero-order chi connectivity index (χ0) is 34.8. The number of halogens is 6. The fraction of sp³-hybridized carbons (Fsp3) is 0.438. The summed E-state index contributed by atoms with van der Waals surface area (Å²) >= 11 is 0.657. The van der Waals surface area contributed by atoms with E-state index < -0.39 is 57.6 Å². The maximum atomic E-state index is 17.0. The number of fused-ring (bicyclic) bond motifs is 3. The van der Waals surface area contributed by atoms with Gasteiger partial charge in [-0.2, -0.15) is 28.4 Å². The molecule has 0 bridgehead atoms. The largest absolute Gasteiger partial charge is 0.461 e. The minimum Gasteiger partial charge on any atom is -0.461 e. The molecule has 0 aliphatic carbocycles. The van der Waals surface area contributed by atoms with Gasteiger partial charge in [0.2, 0.25) is 5.91 Å². The van der Waals surface area contributed by atoms with E-state index in [1.807, 2.05) is 4.90 Å². The van der Waals surface area contributed by atoms with Gasteiger partial charge in [0.1, 0.15) is 41.0 Å². The molecule has 17 heteroatoms. The maximum Gasteiger partial charge on any atom is 0.417 e. The van der Waals surface area contributed by atoms with Crippen LogP contribution in [0.4, 0.5) is 37.2 Å². The zero-order valence-electron chi connectivity index (χ0n) is 25.8. The lowest BCUT2D eigenvalue weighted by molar-refractivity contribution is -0.137. The van der Waals surface area contributed by atoms with Gasteiger partial charge in [-0.1, -0.05) is 6.07 Å². The molecule has 258 valence electrons. The van der Waals surface area contributed by atoms with Crippen molar-refractivity contribution >= 4 is 49.1 Å². The first kappa shape index (κ1) is 33.1. The third kappa shape index (κ3) is 5.55. The molecule has 4 aromatic rings. The van der Waals surface area contributed by atoms with Gasteiger partial charge in [0, 0.05) is 48.9 Å². The molecule has 2 aromatic heterocycles. The molecular formula is C32H29F6N7O3S. The van der Waals surface area contributed by atoms with Crippen molar-refractivity contribution in [2.45, 2.75) is 37.1 Å². The van der Waals surface area contributed by atoms with E-state index in [0.29, 0.717) is 30.4 Å². The average molecular weight is 706 g/mol. The van der Waals surface area contributed by atoms with E-state index in [2.05, 4.69) is 9.97 Å². The maximum absolute atomic E-state index is 17.0. The number of carbonyl (C=O) groups is 1. The van der Waals surface area contributed by atoms with Gasteiger partial charge in [-0.25, -0.2) is 13.2 Å². The second-order valence-corrected chi connectivity index (χ2v) is 13.5. The first-order valence-corrected chi connectivity index (χ1v) is 16.3. The van der Waals surface area contributed by atoms with Crippen molar-refractivity contribution in [1.29, 1.82) is 5.26 Å². The number of nitrogen functional groups attached to an aromatic ring is 1. The van der Waals surface area contributed by atoms with E-state index in [1.165, 1.54) is 9.80 Å². The summed E-state index contributed by atoms with van der Waals surface area (Å²) in [5.74, 6) is -2.91. The van der Waals surface area contributed by atoms with Crippen LogP contribution in [0.25, 0.3) is 32.1 Å². The minimum absolute atomic E-state index is 0.0554. The number of aromatic nitrogens is 2. The molecule has 3 N–H and O–H groups in total. The Kier molecular flexibility index (Phi) is 8.23. The first-order valence-electron chi connectivity index (χ1n) is 15.5. The molecule has 2 atom stereocenters. The molecule has 49 heavy (non-hydrogen) atoms. The Bertz CT molecular complexity index is 2030. The molecular weight excluding hydrogens is 676 g/mol. The lowest BCUT2D eigenvalue weighted by Gasteiger charge is -2.35. The van der Waals surface area contributed by atoms with Gasteiger partial charge in [0.15, 0.2) is 5.82 Å². The quantitative estimate of drug-likeness (QED) is 0.259. The molecule has 1 amide bonds. The van der Waals surface area contributed by atoms with Gasteiger partial charge in [-0.15, -0.1) is 11.3 Å². The number of nitrogens with zero attached hydrogens (tertiary/aromatic N) is 6. The first-order chi connectivity index (χ1) is 23.3. The molecule has 2 unspecified atom stereocenters. The standard InChI is InChI=1S/C32H29F6N7O3S/c33-16-11-31(4-1-5-45(31)13-16)15-48-30-41-26-18(29(42-30)44-7-6-43(8-9-46)22(47)14-44)10-20(32(36,37)38)24(25(26)35)17-2-3-21(34)27-23(17)19(12-39)28(40)49-27/h2-3,10,16,46H,1,4-9,11,13-15,40H2. The number of hydrogen-bond acceptors (Lipinski definition) is 10. The second kappa shape index (κ2) is 12.2. The van der Waals surface area contributed by atoms with Crippen molar-refractivity contribution in [3.63, 3.8) is 0 Å². The molecule has 3 aliphatic rings. The summed E-state index contributed by atoms with van der Waals surface area (Å²) in [6, 6.07) is 3.92. The van der Waals surface area contributed by atoms with Crippen LogP contribution in [0, 0.1) is 23.0 Å². The molecule has 10 nitrogen and oxygen atoms in total. The van der Waals surface area contributed by atoms with Crippen molar-refractivity contribution in [2.24, 2.45) is 0 Å². The Morgan fingerprint density at radius 1 is 1.20 bits per heavy atom. The van der Waals surface area contributed by atoms with Crippen LogP contribution >= 0.6 is 11.3 Å². The zero-order valence-corrected chi connectivity index (χ0v) is 26.6. The van der Waals surface area contributed by atoms with Gasteiger partial charge in [-0.05, 0) is 37.1 Å². The smallest absolute Gasteiger partial charge is 0.417 e. The summed E-state index contributed by atoms with van der Waals surface area (Å²) in [6.07, 6.45) is -4.58.